The zero-order chi connectivity index (χ0) is 32.4. The second-order valence-electron chi connectivity index (χ2n) is 8.69. The Hall–Kier alpha value is -3.20. The van der Waals surface area contributed by atoms with Crippen LogP contribution in [0.4, 0.5) is 23.4 Å². The van der Waals surface area contributed by atoms with Gasteiger partial charge in [-0.1, -0.05) is 30.3 Å². The van der Waals surface area contributed by atoms with Crippen LogP contribution in [0.25, 0.3) is 10.8 Å². The number of hydrogen-bond acceptors (Lipinski definition) is 10. The Morgan fingerprint density at radius 1 is 1.21 bits per heavy atom. The summed E-state index contributed by atoms with van der Waals surface area (Å²) in [5.74, 6) is -2.91. The predicted molar refractivity (Wildman–Crippen MR) is 155 cm³/mol. The molecule has 0 aliphatic carbocycles. The maximum Gasteiger partial charge on any atom is 0.351 e. The van der Waals surface area contributed by atoms with E-state index in [9.17, 15) is 27.2 Å². The number of halogens is 4. The third-order valence-electron chi connectivity index (χ3n) is 5.35. The van der Waals surface area contributed by atoms with Gasteiger partial charge >= 0.3 is 14.2 Å². The average Bonchev–Trinajstić information content (AvgIpc) is 3.29. The lowest BCUT2D eigenvalue weighted by atomic mass is 10.1. The van der Waals surface area contributed by atoms with Gasteiger partial charge in [-0.25, -0.2) is 27.4 Å². The number of hydrogen-bond donors (Lipinski definition) is 3. The lowest BCUT2D eigenvalue weighted by Gasteiger charge is -2.20. The largest absolute Gasteiger partial charge is 0.436 e. The summed E-state index contributed by atoms with van der Waals surface area (Å²) < 4.78 is 70.7. The fourth-order valence-electron chi connectivity index (χ4n) is 3.39. The molecule has 0 amide bonds. The van der Waals surface area contributed by atoms with Crippen LogP contribution in [0.2, 0.25) is 0 Å². The highest BCUT2D eigenvalue weighted by atomic mass is 31.2. The minimum Gasteiger partial charge on any atom is -0.436 e. The molecule has 3 unspecified atom stereocenters. The molecule has 16 heteroatoms. The summed E-state index contributed by atoms with van der Waals surface area (Å²) >= 11 is 0. The summed E-state index contributed by atoms with van der Waals surface area (Å²) in [4.78, 5) is 26.2. The van der Waals surface area contributed by atoms with Gasteiger partial charge in [0.05, 0.1) is 25.4 Å². The van der Waals surface area contributed by atoms with Crippen molar-refractivity contribution in [3.63, 3.8) is 0 Å². The van der Waals surface area contributed by atoms with Gasteiger partial charge in [-0.05, 0) is 42.8 Å². The summed E-state index contributed by atoms with van der Waals surface area (Å²) in [5, 5.41) is 11.8. The second kappa shape index (κ2) is 19.9. The van der Waals surface area contributed by atoms with E-state index in [1.807, 2.05) is 50.2 Å². The number of carbonyl (C=O) groups is 1. The third-order valence-corrected chi connectivity index (χ3v) is 6.55. The number of rotatable bonds is 10. The first-order valence-electron chi connectivity index (χ1n) is 12.8. The molecular formula is C27H37F4N4O7P. The van der Waals surface area contributed by atoms with E-state index in [0.29, 0.717) is 22.7 Å². The lowest BCUT2D eigenvalue weighted by Crippen LogP contribution is -2.35. The summed E-state index contributed by atoms with van der Waals surface area (Å²) in [6.45, 7) is 1.96. The maximum absolute atomic E-state index is 14.6. The number of anilines is 1. The lowest BCUT2D eigenvalue weighted by molar-refractivity contribution is -0.119. The van der Waals surface area contributed by atoms with Crippen LogP contribution in [-0.4, -0.2) is 73.4 Å². The number of fused-ring (bicyclic) bond motifs is 1. The monoisotopic (exact) mass is 636 g/mol. The molecule has 0 radical (unpaired) electrons. The molecular weight excluding hydrogens is 599 g/mol. The van der Waals surface area contributed by atoms with E-state index in [2.05, 4.69) is 10.1 Å². The zero-order valence-electron chi connectivity index (χ0n) is 24.2. The Morgan fingerprint density at radius 3 is 2.42 bits per heavy atom. The molecule has 1 aromatic heterocycles. The van der Waals surface area contributed by atoms with Crippen LogP contribution in [0.3, 0.4) is 0 Å². The van der Waals surface area contributed by atoms with Crippen LogP contribution < -0.4 is 21.0 Å². The van der Waals surface area contributed by atoms with Crippen molar-refractivity contribution in [1.82, 2.24) is 14.6 Å². The Kier molecular flexibility index (Phi) is 17.5. The number of aldehydes is 1. The third kappa shape index (κ3) is 12.9. The molecule has 4 N–H and O–H groups in total. The van der Waals surface area contributed by atoms with Crippen LogP contribution in [0.15, 0.2) is 59.5 Å². The number of aliphatic hydroxyl groups is 1. The van der Waals surface area contributed by atoms with Gasteiger partial charge in [0.2, 0.25) is 13.2 Å². The highest BCUT2D eigenvalue weighted by Gasteiger charge is 2.52. The molecule has 1 fully saturated rings. The first kappa shape index (κ1) is 37.8. The topological polar surface area (TPSA) is 147 Å². The van der Waals surface area contributed by atoms with E-state index in [4.69, 9.17) is 29.4 Å². The van der Waals surface area contributed by atoms with E-state index < -0.39 is 45.8 Å². The quantitative estimate of drug-likeness (QED) is 0.165. The van der Waals surface area contributed by atoms with Crippen molar-refractivity contribution in [3.05, 3.63) is 65.2 Å². The Morgan fingerprint density at radius 2 is 1.84 bits per heavy atom. The number of methoxy groups -OCH3 is 1. The van der Waals surface area contributed by atoms with Gasteiger partial charge < -0.3 is 34.2 Å². The van der Waals surface area contributed by atoms with Crippen molar-refractivity contribution < 1.29 is 46.0 Å². The summed E-state index contributed by atoms with van der Waals surface area (Å²) in [6.07, 6.45) is -1.37. The van der Waals surface area contributed by atoms with E-state index in [0.717, 1.165) is 24.1 Å². The smallest absolute Gasteiger partial charge is 0.351 e. The molecule has 2 heterocycles. The van der Waals surface area contributed by atoms with Crippen LogP contribution in [0, 0.1) is 0 Å². The van der Waals surface area contributed by atoms with Crippen molar-refractivity contribution in [2.24, 2.45) is 0 Å². The molecule has 0 saturated carbocycles. The van der Waals surface area contributed by atoms with E-state index in [-0.39, 0.29) is 19.0 Å². The molecule has 1 saturated heterocycles. The van der Waals surface area contributed by atoms with Gasteiger partial charge in [0.1, 0.15) is 17.9 Å². The van der Waals surface area contributed by atoms with Gasteiger partial charge in [0.15, 0.2) is 0 Å². The number of aromatic nitrogens is 2. The molecule has 3 atom stereocenters. The summed E-state index contributed by atoms with van der Waals surface area (Å²) in [6, 6.07) is 14.4. The number of nitrogens with one attached hydrogen (secondary N) is 1. The van der Waals surface area contributed by atoms with Crippen molar-refractivity contribution in [1.29, 1.82) is 0 Å². The number of aliphatic hydroxyl groups excluding tert-OH is 1. The highest BCUT2D eigenvalue weighted by molar-refractivity contribution is 7.45. The number of nitrogens with two attached hydrogens (primary N) is 1. The second-order valence-corrected chi connectivity index (χ2v) is 9.96. The van der Waals surface area contributed by atoms with Crippen LogP contribution in [0.5, 0.6) is 5.75 Å². The first-order valence-corrected chi connectivity index (χ1v) is 14.0. The number of ether oxygens (including phenoxy) is 2. The fourth-order valence-corrected chi connectivity index (χ4v) is 4.43. The van der Waals surface area contributed by atoms with Crippen LogP contribution >= 0.6 is 8.53 Å². The Balaban J connectivity index is 0.000000813. The number of carbonyl (C=O) groups excluding carboxylic acids is 1. The van der Waals surface area contributed by atoms with Gasteiger partial charge in [-0.15, -0.1) is 0 Å². The first-order chi connectivity index (χ1) is 20.5. The molecule has 0 spiro atoms. The molecule has 4 rings (SSSR count). The van der Waals surface area contributed by atoms with Gasteiger partial charge in [-0.3, -0.25) is 4.57 Å². The van der Waals surface area contributed by atoms with Crippen molar-refractivity contribution in [2.45, 2.75) is 44.6 Å². The highest BCUT2D eigenvalue weighted by Crippen LogP contribution is 2.44. The van der Waals surface area contributed by atoms with Gasteiger partial charge in [0, 0.05) is 26.8 Å². The molecule has 3 aromatic rings. The summed E-state index contributed by atoms with van der Waals surface area (Å²) in [5.41, 5.74) is 4.49. The van der Waals surface area contributed by atoms with Crippen LogP contribution in [-0.2, 0) is 18.8 Å². The molecule has 240 valence electrons. The fraction of sp³-hybridized carbons (Fsp3) is 0.444. The van der Waals surface area contributed by atoms with E-state index in [1.165, 1.54) is 6.07 Å². The normalized spacial score (nSPS) is 17.4. The minimum absolute atomic E-state index is 0.0455. The Bertz CT molecular complexity index is 1290. The molecule has 2 aromatic carbocycles. The van der Waals surface area contributed by atoms with E-state index in [1.54, 1.807) is 13.2 Å². The van der Waals surface area contributed by atoms with Gasteiger partial charge in [-0.2, -0.15) is 4.98 Å². The molecule has 0 bridgehead atoms. The predicted octanol–water partition coefficient (Wildman–Crippen LogP) is 4.55. The minimum atomic E-state index is -3.33. The van der Waals surface area contributed by atoms with Gasteiger partial charge in [0.25, 0.3) is 5.92 Å². The maximum atomic E-state index is 14.6. The van der Waals surface area contributed by atoms with E-state index >= 15 is 0 Å². The average molecular weight is 637 g/mol. The number of nitrogens with zero attached hydrogens (tertiary/aromatic N) is 2. The number of benzene rings is 2. The van der Waals surface area contributed by atoms with Crippen LogP contribution in [0.1, 0.15) is 26.5 Å². The van der Waals surface area contributed by atoms with Crippen molar-refractivity contribution >= 4 is 31.4 Å². The number of alkyl halides is 4. The van der Waals surface area contributed by atoms with Crippen molar-refractivity contribution in [3.8, 4) is 5.75 Å². The molecule has 11 nitrogen and oxygen atoms in total. The SMILES string of the molecule is CO.COC(C)C.FCF.Nc1ccn(C2OC(COP(NCC=O)Oc3ccc4ccccc4c3)CC2(F)F)c(=O)n1. The van der Waals surface area contributed by atoms with Crippen molar-refractivity contribution in [2.75, 3.05) is 40.0 Å². The number of nitrogen functional groups attached to an aromatic ring is 1. The molecule has 1 aliphatic rings. The Labute approximate surface area is 247 Å². The molecule has 43 heavy (non-hydrogen) atoms. The molecule has 1 aliphatic heterocycles. The zero-order valence-corrected chi connectivity index (χ0v) is 25.1. The summed E-state index contributed by atoms with van der Waals surface area (Å²) in [7, 11) is 0.871. The standard InChI is InChI=1S/C21H21F2N4O5P.C4H10O.CH2F2.CH4O/c22-21(23)12-17(31-19(21)27-9-7-18(24)26-20(27)29)13-30-33(25-8-10-28)32-16-6-5-14-3-1-2-4-15(14)11-16;1-4(2)5-3;2-1-3;1-2/h1-7,9-11,17,19,25H,8,12-13H2,(H2,24,26,29);4H,1-3H3;1H2;2H,1H3.